The highest BCUT2D eigenvalue weighted by Crippen LogP contribution is 1.72. The maximum Gasteiger partial charge on any atom is 0.00490 e. The molecule has 0 saturated carbocycles. The first-order valence-electron chi connectivity index (χ1n) is 0.964. The zero-order valence-electron chi connectivity index (χ0n) is 2.60. The molecule has 0 radical (unpaired) electrons. The van der Waals surface area contributed by atoms with Gasteiger partial charge in [-0.1, -0.05) is 0 Å². The van der Waals surface area contributed by atoms with E-state index in [0.29, 0.717) is 0 Å². The summed E-state index contributed by atoms with van der Waals surface area (Å²) in [7, 11) is 4.01. The summed E-state index contributed by atoms with van der Waals surface area (Å²) in [6.45, 7) is 0. The summed E-state index contributed by atoms with van der Waals surface area (Å²) in [5.74, 6) is 4.91. The number of hydrogen-bond donors (Lipinski definition) is 1. The van der Waals surface area contributed by atoms with Crippen molar-refractivity contribution in [3.63, 3.8) is 0 Å². The highest BCUT2D eigenvalue weighted by atomic mass is 31.0. The van der Waals surface area contributed by atoms with Crippen LogP contribution in [-0.2, 0) is 0 Å². The third-order valence-electron chi connectivity index (χ3n) is 0. The molecule has 0 bridgehead atoms. The van der Waals surface area contributed by atoms with Crippen molar-refractivity contribution in [3.05, 3.63) is 0 Å². The lowest BCUT2D eigenvalue weighted by Crippen LogP contribution is -2.10. The molecule has 0 aliphatic rings. The Kier molecular flexibility index (Phi) is 1.79. The second kappa shape index (κ2) is 1.65. The van der Waals surface area contributed by atoms with Gasteiger partial charge in [-0.3, -0.25) is 5.84 Å². The number of nitrogens with two attached hydrogens (primary N) is 1. The molecule has 0 aromatic carbocycles. The minimum absolute atomic E-state index is 1.42. The van der Waals surface area contributed by atoms with E-state index >= 15 is 0 Å². The molecule has 3 heteroatoms. The quantitative estimate of drug-likeness (QED) is 0.242. The van der Waals surface area contributed by atoms with Crippen LogP contribution < -0.4 is 5.84 Å². The summed E-state index contributed by atoms with van der Waals surface area (Å²) in [5, 5.41) is 0. The fourth-order valence-corrected chi connectivity index (χ4v) is 0. The van der Waals surface area contributed by atoms with Crippen molar-refractivity contribution in [3.8, 4) is 0 Å². The van der Waals surface area contributed by atoms with Gasteiger partial charge >= 0.3 is 0 Å². The second-order valence-corrected chi connectivity index (χ2v) is 1.48. The lowest BCUT2D eigenvalue weighted by atomic mass is 11.5. The van der Waals surface area contributed by atoms with E-state index in [4.69, 9.17) is 5.84 Å². The van der Waals surface area contributed by atoms with Crippen molar-refractivity contribution in [2.75, 3.05) is 7.05 Å². The Morgan fingerprint density at radius 1 is 2.00 bits per heavy atom. The first-order valence-corrected chi connectivity index (χ1v) is 1.48. The van der Waals surface area contributed by atoms with Gasteiger partial charge in [-0.25, -0.2) is 4.78 Å². The smallest absolute Gasteiger partial charge is 0.00490 e. The van der Waals surface area contributed by atoms with Crippen LogP contribution in [0.5, 0.6) is 0 Å². The monoisotopic (exact) mass is 78.0 g/mol. The Hall–Kier alpha value is 0.350. The Morgan fingerprint density at radius 2 is 2.00 bits per heavy atom. The average molecular weight is 78.1 g/mol. The van der Waals surface area contributed by atoms with Crippen molar-refractivity contribution in [2.45, 2.75) is 0 Å². The van der Waals surface area contributed by atoms with Gasteiger partial charge in [0.05, 0.1) is 0 Å². The van der Waals surface area contributed by atoms with Crippen molar-refractivity contribution in [1.82, 2.24) is 4.78 Å². The van der Waals surface area contributed by atoms with Crippen LogP contribution in [0.4, 0.5) is 0 Å². The molecule has 0 fully saturated rings. The van der Waals surface area contributed by atoms with Crippen LogP contribution in [-0.4, -0.2) is 11.8 Å². The molecular formula is CH7N2P. The summed E-state index contributed by atoms with van der Waals surface area (Å²) in [6.07, 6.45) is 0. The molecular weight excluding hydrogens is 71.0 g/mol. The lowest BCUT2D eigenvalue weighted by Gasteiger charge is -1.91. The second-order valence-electron chi connectivity index (χ2n) is 0.665. The van der Waals surface area contributed by atoms with Gasteiger partial charge in [-0.2, -0.15) is 0 Å². The van der Waals surface area contributed by atoms with Crippen LogP contribution in [0.3, 0.4) is 0 Å². The van der Waals surface area contributed by atoms with Crippen molar-refractivity contribution in [1.29, 1.82) is 0 Å². The Balaban J connectivity index is 2.32. The molecule has 0 aromatic rings. The number of nitrogens with zero attached hydrogens (tertiary/aromatic N) is 1. The van der Waals surface area contributed by atoms with E-state index in [1.54, 1.807) is 7.05 Å². The van der Waals surface area contributed by atoms with Gasteiger partial charge in [0.2, 0.25) is 0 Å². The van der Waals surface area contributed by atoms with E-state index in [1.165, 1.54) is 4.78 Å². The van der Waals surface area contributed by atoms with Crippen LogP contribution >= 0.6 is 9.39 Å². The van der Waals surface area contributed by atoms with Crippen LogP contribution in [0.1, 0.15) is 0 Å². The van der Waals surface area contributed by atoms with E-state index in [1.807, 2.05) is 0 Å². The SMILES string of the molecule is CN(N)P. The summed E-state index contributed by atoms with van der Waals surface area (Å²) < 4.78 is 1.42. The molecule has 26 valence electrons. The fraction of sp³-hybridized carbons (Fsp3) is 1.00. The molecule has 0 amide bonds. The van der Waals surface area contributed by atoms with Gasteiger partial charge in [-0.05, 0) is 9.39 Å². The Morgan fingerprint density at radius 3 is 2.00 bits per heavy atom. The molecule has 0 saturated heterocycles. The van der Waals surface area contributed by atoms with Crippen LogP contribution in [0.2, 0.25) is 0 Å². The zero-order valence-corrected chi connectivity index (χ0v) is 3.76. The van der Waals surface area contributed by atoms with Gasteiger partial charge in [0.25, 0.3) is 0 Å². The lowest BCUT2D eigenvalue weighted by molar-refractivity contribution is 0.610. The molecule has 1 unspecified atom stereocenters. The maximum atomic E-state index is 4.91. The van der Waals surface area contributed by atoms with E-state index in [-0.39, 0.29) is 0 Å². The van der Waals surface area contributed by atoms with Crippen LogP contribution in [0.15, 0.2) is 0 Å². The summed E-state index contributed by atoms with van der Waals surface area (Å²) >= 11 is 0. The summed E-state index contributed by atoms with van der Waals surface area (Å²) in [5.41, 5.74) is 0. The number of hydrazine groups is 1. The van der Waals surface area contributed by atoms with E-state index in [2.05, 4.69) is 9.39 Å². The van der Waals surface area contributed by atoms with Gasteiger partial charge in [0.1, 0.15) is 0 Å². The molecule has 4 heavy (non-hydrogen) atoms. The Labute approximate surface area is 28.2 Å². The van der Waals surface area contributed by atoms with Gasteiger partial charge in [-0.15, -0.1) is 0 Å². The van der Waals surface area contributed by atoms with E-state index in [0.717, 1.165) is 0 Å². The topological polar surface area (TPSA) is 29.3 Å². The molecule has 1 atom stereocenters. The van der Waals surface area contributed by atoms with E-state index in [9.17, 15) is 0 Å². The average Bonchev–Trinajstić information content (AvgIpc) is 0.811. The van der Waals surface area contributed by atoms with Crippen LogP contribution in [0.25, 0.3) is 0 Å². The van der Waals surface area contributed by atoms with Crippen molar-refractivity contribution in [2.24, 2.45) is 5.84 Å². The molecule has 0 spiro atoms. The minimum atomic E-state index is 1.42. The molecule has 0 aliphatic carbocycles. The minimum Gasteiger partial charge on any atom is -0.266 e. The van der Waals surface area contributed by atoms with Gasteiger partial charge < -0.3 is 0 Å². The third kappa shape index (κ3) is 35.0. The molecule has 0 aromatic heterocycles. The van der Waals surface area contributed by atoms with Crippen molar-refractivity contribution < 1.29 is 0 Å². The maximum absolute atomic E-state index is 4.91. The third-order valence-corrected chi connectivity index (χ3v) is 0. The predicted octanol–water partition coefficient (Wildman–Crippen LogP) is -0.418. The standard InChI is InChI=1S/CH7N2P/c1-3(2)4/h2,4H2,1H3. The largest absolute Gasteiger partial charge is 0.266 e. The van der Waals surface area contributed by atoms with Gasteiger partial charge in [0, 0.05) is 7.05 Å². The van der Waals surface area contributed by atoms with Crippen molar-refractivity contribution >= 4 is 9.39 Å². The molecule has 2 nitrogen and oxygen atoms in total. The van der Waals surface area contributed by atoms with E-state index < -0.39 is 0 Å². The highest BCUT2D eigenvalue weighted by Gasteiger charge is 1.57. The number of rotatable bonds is 0. The zero-order chi connectivity index (χ0) is 3.58. The highest BCUT2D eigenvalue weighted by molar-refractivity contribution is 7.13. The Bertz CT molecular complexity index is 10.8. The molecule has 0 aliphatic heterocycles. The fourth-order valence-electron chi connectivity index (χ4n) is 0. The summed E-state index contributed by atoms with van der Waals surface area (Å²) in [6, 6.07) is 0. The molecule has 0 rings (SSSR count). The van der Waals surface area contributed by atoms with Crippen LogP contribution in [0, 0.1) is 0 Å². The number of hydrogen-bond acceptors (Lipinski definition) is 2. The first-order chi connectivity index (χ1) is 1.73. The predicted molar refractivity (Wildman–Crippen MR) is 21.7 cm³/mol. The molecule has 2 N–H and O–H groups in total. The summed E-state index contributed by atoms with van der Waals surface area (Å²) in [4.78, 5) is 0. The normalized spacial score (nSPS) is 9.00. The van der Waals surface area contributed by atoms with Gasteiger partial charge in [0.15, 0.2) is 0 Å². The first kappa shape index (κ1) is 4.35. The molecule has 0 heterocycles.